The van der Waals surface area contributed by atoms with Crippen LogP contribution in [0.4, 0.5) is 0 Å². The molecule has 6 nitrogen and oxygen atoms in total. The van der Waals surface area contributed by atoms with E-state index in [1.807, 2.05) is 25.1 Å². The first kappa shape index (κ1) is 16.7. The van der Waals surface area contributed by atoms with Crippen LogP contribution in [0.5, 0.6) is 0 Å². The molecule has 1 aromatic carbocycles. The van der Waals surface area contributed by atoms with Gasteiger partial charge in [-0.25, -0.2) is 4.98 Å². The van der Waals surface area contributed by atoms with Crippen molar-refractivity contribution < 1.29 is 4.79 Å². The Morgan fingerprint density at radius 2 is 2.04 bits per heavy atom. The maximum absolute atomic E-state index is 12.6. The van der Waals surface area contributed by atoms with Crippen molar-refractivity contribution in [3.8, 4) is 11.4 Å². The van der Waals surface area contributed by atoms with Gasteiger partial charge >= 0.3 is 0 Å². The van der Waals surface area contributed by atoms with Crippen LogP contribution < -0.4 is 11.1 Å². The second kappa shape index (κ2) is 6.88. The highest BCUT2D eigenvalue weighted by molar-refractivity contribution is 5.93. The summed E-state index contributed by atoms with van der Waals surface area (Å²) in [6.45, 7) is 2.05. The number of nitrogens with two attached hydrogens (primary N) is 1. The van der Waals surface area contributed by atoms with E-state index in [-0.39, 0.29) is 18.0 Å². The number of carbonyl (C=O) groups is 1. The van der Waals surface area contributed by atoms with Crippen LogP contribution in [0.2, 0.25) is 0 Å². The molecule has 134 valence electrons. The molecule has 1 fully saturated rings. The number of carbonyl (C=O) groups excluding carboxylic acids is 1. The highest BCUT2D eigenvalue weighted by atomic mass is 16.2. The number of benzene rings is 1. The topological polar surface area (TPSA) is 96.7 Å². The summed E-state index contributed by atoms with van der Waals surface area (Å²) in [6.07, 6.45) is 7.28. The van der Waals surface area contributed by atoms with Crippen LogP contribution in [0.15, 0.2) is 36.7 Å². The lowest BCUT2D eigenvalue weighted by molar-refractivity contribution is 0.0916. The van der Waals surface area contributed by atoms with Crippen molar-refractivity contribution in [2.75, 3.05) is 0 Å². The molecule has 0 radical (unpaired) electrons. The largest absolute Gasteiger partial charge is 0.353 e. The van der Waals surface area contributed by atoms with E-state index in [4.69, 9.17) is 5.73 Å². The first-order valence-corrected chi connectivity index (χ1v) is 9.09. The first-order valence-electron chi connectivity index (χ1n) is 9.09. The summed E-state index contributed by atoms with van der Waals surface area (Å²) in [6, 6.07) is 8.12. The number of fused-ring (bicyclic) bond motifs is 1. The van der Waals surface area contributed by atoms with Crippen molar-refractivity contribution in [2.24, 2.45) is 5.73 Å². The zero-order chi connectivity index (χ0) is 18.1. The SMILES string of the molecule is Cc1c(-c2cncc(C(=O)N[C@@H]3CCCC[C@@H]3N)n2)[nH]c2ccccc12. The lowest BCUT2D eigenvalue weighted by atomic mass is 9.91. The van der Waals surface area contributed by atoms with Crippen LogP contribution >= 0.6 is 0 Å². The van der Waals surface area contributed by atoms with Gasteiger partial charge in [0, 0.05) is 23.0 Å². The second-order valence-electron chi connectivity index (χ2n) is 6.99. The summed E-state index contributed by atoms with van der Waals surface area (Å²) in [5, 5.41) is 4.17. The van der Waals surface area contributed by atoms with Crippen molar-refractivity contribution in [1.82, 2.24) is 20.3 Å². The van der Waals surface area contributed by atoms with Gasteiger partial charge in [-0.2, -0.15) is 0 Å². The third kappa shape index (κ3) is 3.08. The molecule has 1 saturated carbocycles. The summed E-state index contributed by atoms with van der Waals surface area (Å²) in [7, 11) is 0. The lowest BCUT2D eigenvalue weighted by Crippen LogP contribution is -2.49. The molecule has 2 aromatic heterocycles. The predicted octanol–water partition coefficient (Wildman–Crippen LogP) is 2.93. The van der Waals surface area contributed by atoms with E-state index in [0.29, 0.717) is 11.4 Å². The fourth-order valence-corrected chi connectivity index (χ4v) is 3.72. The Bertz CT molecular complexity index is 948. The molecule has 4 N–H and O–H groups in total. The fourth-order valence-electron chi connectivity index (χ4n) is 3.72. The number of hydrogen-bond acceptors (Lipinski definition) is 4. The molecule has 4 rings (SSSR count). The van der Waals surface area contributed by atoms with E-state index in [0.717, 1.165) is 47.8 Å². The van der Waals surface area contributed by atoms with E-state index in [1.54, 1.807) is 6.20 Å². The fraction of sp³-hybridized carbons (Fsp3) is 0.350. The molecule has 1 aliphatic rings. The van der Waals surface area contributed by atoms with Crippen LogP contribution in [0.25, 0.3) is 22.3 Å². The van der Waals surface area contributed by atoms with Gasteiger partial charge in [-0.1, -0.05) is 31.0 Å². The molecule has 6 heteroatoms. The number of hydrogen-bond donors (Lipinski definition) is 3. The quantitative estimate of drug-likeness (QED) is 0.677. The number of nitrogens with one attached hydrogen (secondary N) is 2. The standard InChI is InChI=1S/C20H23N5O/c1-12-13-6-2-4-8-15(13)24-19(12)17-10-22-11-18(23-17)20(26)25-16-9-5-3-7-14(16)21/h2,4,6,8,10-11,14,16,24H,3,5,7,9,21H2,1H3,(H,25,26)/t14-,16+/m0/s1. The Morgan fingerprint density at radius 3 is 2.85 bits per heavy atom. The highest BCUT2D eigenvalue weighted by Crippen LogP contribution is 2.28. The highest BCUT2D eigenvalue weighted by Gasteiger charge is 2.24. The molecule has 0 spiro atoms. The van der Waals surface area contributed by atoms with Crippen LogP contribution in [0, 0.1) is 6.92 Å². The minimum Gasteiger partial charge on any atom is -0.353 e. The van der Waals surface area contributed by atoms with Crippen molar-refractivity contribution in [3.05, 3.63) is 47.9 Å². The second-order valence-corrected chi connectivity index (χ2v) is 6.99. The summed E-state index contributed by atoms with van der Waals surface area (Å²) in [5.41, 5.74) is 10.2. The molecular formula is C20H23N5O. The average Bonchev–Trinajstić information content (AvgIpc) is 3.01. The van der Waals surface area contributed by atoms with Gasteiger partial charge in [0.15, 0.2) is 0 Å². The van der Waals surface area contributed by atoms with Gasteiger partial charge in [0.05, 0.1) is 18.1 Å². The molecule has 1 aliphatic carbocycles. The first-order chi connectivity index (χ1) is 12.6. The van der Waals surface area contributed by atoms with Gasteiger partial charge in [-0.3, -0.25) is 9.78 Å². The van der Waals surface area contributed by atoms with Crippen molar-refractivity contribution in [3.63, 3.8) is 0 Å². The minimum absolute atomic E-state index is 0.0107. The third-order valence-electron chi connectivity index (χ3n) is 5.22. The number of aryl methyl sites for hydroxylation is 1. The van der Waals surface area contributed by atoms with Crippen molar-refractivity contribution >= 4 is 16.8 Å². The van der Waals surface area contributed by atoms with Gasteiger partial charge in [0.25, 0.3) is 5.91 Å². The molecule has 26 heavy (non-hydrogen) atoms. The van der Waals surface area contributed by atoms with Crippen LogP contribution in [-0.2, 0) is 0 Å². The number of H-pyrrole nitrogens is 1. The lowest BCUT2D eigenvalue weighted by Gasteiger charge is -2.29. The molecule has 3 aromatic rings. The van der Waals surface area contributed by atoms with Gasteiger partial charge in [-0.15, -0.1) is 0 Å². The van der Waals surface area contributed by atoms with Gasteiger partial charge in [-0.05, 0) is 31.4 Å². The normalized spacial score (nSPS) is 20.2. The van der Waals surface area contributed by atoms with E-state index in [1.165, 1.54) is 6.20 Å². The Balaban J connectivity index is 1.61. The number of rotatable bonds is 3. The molecule has 2 heterocycles. The van der Waals surface area contributed by atoms with Gasteiger partial charge < -0.3 is 16.0 Å². The average molecular weight is 349 g/mol. The molecular weight excluding hydrogens is 326 g/mol. The summed E-state index contributed by atoms with van der Waals surface area (Å²) < 4.78 is 0. The van der Waals surface area contributed by atoms with Crippen molar-refractivity contribution in [1.29, 1.82) is 0 Å². The predicted molar refractivity (Wildman–Crippen MR) is 102 cm³/mol. The molecule has 1 amide bonds. The van der Waals surface area contributed by atoms with E-state index < -0.39 is 0 Å². The number of aromatic amines is 1. The number of para-hydroxylation sites is 1. The Hall–Kier alpha value is -2.73. The third-order valence-corrected chi connectivity index (χ3v) is 5.22. The Kier molecular flexibility index (Phi) is 4.42. The van der Waals surface area contributed by atoms with Crippen LogP contribution in [0.3, 0.4) is 0 Å². The van der Waals surface area contributed by atoms with Gasteiger partial charge in [0.1, 0.15) is 11.4 Å². The molecule has 0 bridgehead atoms. The zero-order valence-electron chi connectivity index (χ0n) is 14.8. The van der Waals surface area contributed by atoms with Crippen LogP contribution in [-0.4, -0.2) is 32.9 Å². The van der Waals surface area contributed by atoms with E-state index >= 15 is 0 Å². The number of amides is 1. The summed E-state index contributed by atoms with van der Waals surface area (Å²) >= 11 is 0. The van der Waals surface area contributed by atoms with E-state index in [9.17, 15) is 4.79 Å². The summed E-state index contributed by atoms with van der Waals surface area (Å²) in [4.78, 5) is 24.8. The Morgan fingerprint density at radius 1 is 1.23 bits per heavy atom. The van der Waals surface area contributed by atoms with Crippen molar-refractivity contribution in [2.45, 2.75) is 44.7 Å². The van der Waals surface area contributed by atoms with Gasteiger partial charge in [0.2, 0.25) is 0 Å². The summed E-state index contributed by atoms with van der Waals surface area (Å²) in [5.74, 6) is -0.213. The number of nitrogens with zero attached hydrogens (tertiary/aromatic N) is 2. The molecule has 0 saturated heterocycles. The number of aromatic nitrogens is 3. The molecule has 2 atom stereocenters. The van der Waals surface area contributed by atoms with Crippen LogP contribution in [0.1, 0.15) is 41.7 Å². The maximum atomic E-state index is 12.6. The molecule has 0 aliphatic heterocycles. The minimum atomic E-state index is -0.213. The maximum Gasteiger partial charge on any atom is 0.271 e. The smallest absolute Gasteiger partial charge is 0.271 e. The monoisotopic (exact) mass is 349 g/mol. The Labute approximate surface area is 152 Å². The zero-order valence-corrected chi connectivity index (χ0v) is 14.8. The molecule has 0 unspecified atom stereocenters. The van der Waals surface area contributed by atoms with E-state index in [2.05, 4.69) is 26.3 Å².